The zero-order valence-corrected chi connectivity index (χ0v) is 19.7. The van der Waals surface area contributed by atoms with Gasteiger partial charge in [0.15, 0.2) is 16.8 Å². The van der Waals surface area contributed by atoms with E-state index in [1.54, 1.807) is 24.3 Å². The molecule has 1 saturated heterocycles. The van der Waals surface area contributed by atoms with E-state index in [-0.39, 0.29) is 28.0 Å². The summed E-state index contributed by atoms with van der Waals surface area (Å²) in [7, 11) is 0. The summed E-state index contributed by atoms with van der Waals surface area (Å²) in [5, 5.41) is 7.61. The molecule has 0 saturated carbocycles. The van der Waals surface area contributed by atoms with Crippen molar-refractivity contribution in [3.63, 3.8) is 0 Å². The van der Waals surface area contributed by atoms with E-state index in [0.29, 0.717) is 0 Å². The van der Waals surface area contributed by atoms with Gasteiger partial charge in [0.1, 0.15) is 11.7 Å². The summed E-state index contributed by atoms with van der Waals surface area (Å²) in [5.74, 6) is -4.35. The summed E-state index contributed by atoms with van der Waals surface area (Å²) in [6.45, 7) is 3.98. The molecule has 0 bridgehead atoms. The van der Waals surface area contributed by atoms with Gasteiger partial charge in [-0.2, -0.15) is 0 Å². The Kier molecular flexibility index (Phi) is 6.81. The number of ether oxygens (including phenoxy) is 1. The number of Topliss-reactive ketones (excluding diaryl/α,β-unsaturated/α-hetero) is 2. The molecule has 1 amide bonds. The summed E-state index contributed by atoms with van der Waals surface area (Å²) in [4.78, 5) is 40.7. The van der Waals surface area contributed by atoms with Gasteiger partial charge in [-0.15, -0.1) is 23.4 Å². The topological polar surface area (TPSA) is 89.5 Å². The van der Waals surface area contributed by atoms with E-state index in [1.165, 1.54) is 24.3 Å². The molecule has 11 heteroatoms. The lowest BCUT2D eigenvalue weighted by molar-refractivity contribution is -0.274. The van der Waals surface area contributed by atoms with Crippen LogP contribution in [0.3, 0.4) is 0 Å². The van der Waals surface area contributed by atoms with E-state index in [9.17, 15) is 27.6 Å². The second-order valence-electron chi connectivity index (χ2n) is 8.43. The van der Waals surface area contributed by atoms with Crippen LogP contribution in [0.5, 0.6) is 5.75 Å². The summed E-state index contributed by atoms with van der Waals surface area (Å²) >= 11 is 5.80. The predicted molar refractivity (Wildman–Crippen MR) is 124 cm³/mol. The molecule has 2 heterocycles. The fourth-order valence-electron chi connectivity index (χ4n) is 4.04. The van der Waals surface area contributed by atoms with Crippen LogP contribution in [0, 0.1) is 5.92 Å². The Morgan fingerprint density at radius 3 is 2.14 bits per heavy atom. The van der Waals surface area contributed by atoms with Gasteiger partial charge in [-0.3, -0.25) is 19.3 Å². The smallest absolute Gasteiger partial charge is 0.406 e. The SMILES string of the molecule is CC(C)c1ccc(C(=O)C2C(=O)C(=O)N(c3ccc(Cl)nn3)C2c2ccc(OC(F)(F)F)cc2)cc1. The number of carbonyl (C=O) groups excluding carboxylic acids is 3. The third-order valence-corrected chi connectivity index (χ3v) is 5.97. The van der Waals surface area contributed by atoms with Crippen molar-refractivity contribution in [2.24, 2.45) is 5.92 Å². The molecule has 0 radical (unpaired) electrons. The molecule has 7 nitrogen and oxygen atoms in total. The number of alkyl halides is 3. The molecule has 2 atom stereocenters. The second kappa shape index (κ2) is 9.69. The van der Waals surface area contributed by atoms with Crippen molar-refractivity contribution < 1.29 is 32.3 Å². The average Bonchev–Trinajstić information content (AvgIpc) is 3.09. The number of benzene rings is 2. The highest BCUT2D eigenvalue weighted by atomic mass is 35.5. The van der Waals surface area contributed by atoms with Gasteiger partial charge >= 0.3 is 6.36 Å². The number of rotatable bonds is 6. The van der Waals surface area contributed by atoms with Gasteiger partial charge in [0.05, 0.1) is 6.04 Å². The highest BCUT2D eigenvalue weighted by Gasteiger charge is 2.53. The third-order valence-electron chi connectivity index (χ3n) is 5.77. The van der Waals surface area contributed by atoms with Crippen LogP contribution < -0.4 is 9.64 Å². The zero-order valence-electron chi connectivity index (χ0n) is 19.0. The standard InChI is InChI=1S/C25H19ClF3N3O4/c1-13(2)14-3-5-16(6-4-14)22(33)20-21(15-7-9-17(10-8-15)36-25(27,28)29)32(24(35)23(20)34)19-12-11-18(26)30-31-19/h3-13,20-21H,1-2H3. The normalized spacial score (nSPS) is 18.1. The number of ketones is 2. The van der Waals surface area contributed by atoms with E-state index < -0.39 is 41.5 Å². The predicted octanol–water partition coefficient (Wildman–Crippen LogP) is 5.31. The van der Waals surface area contributed by atoms with Crippen LogP contribution in [0.1, 0.15) is 47.3 Å². The maximum Gasteiger partial charge on any atom is 0.573 e. The van der Waals surface area contributed by atoms with Gasteiger partial charge in [-0.25, -0.2) is 0 Å². The van der Waals surface area contributed by atoms with Crippen molar-refractivity contribution in [1.29, 1.82) is 0 Å². The lowest BCUT2D eigenvalue weighted by atomic mass is 9.86. The van der Waals surface area contributed by atoms with Crippen LogP contribution in [0.4, 0.5) is 19.0 Å². The molecule has 4 rings (SSSR count). The molecule has 0 aliphatic carbocycles. The Hall–Kier alpha value is -3.79. The first-order chi connectivity index (χ1) is 17.0. The molecule has 1 aliphatic rings. The molecule has 1 fully saturated rings. The maximum absolute atomic E-state index is 13.5. The van der Waals surface area contributed by atoms with Crippen LogP contribution in [0.2, 0.25) is 5.15 Å². The Morgan fingerprint density at radius 2 is 1.61 bits per heavy atom. The van der Waals surface area contributed by atoms with Crippen LogP contribution in [-0.4, -0.2) is 34.0 Å². The van der Waals surface area contributed by atoms with Crippen molar-refractivity contribution in [1.82, 2.24) is 10.2 Å². The van der Waals surface area contributed by atoms with Crippen molar-refractivity contribution in [2.45, 2.75) is 32.2 Å². The Labute approximate surface area is 208 Å². The van der Waals surface area contributed by atoms with E-state index in [1.807, 2.05) is 13.8 Å². The number of aromatic nitrogens is 2. The molecule has 1 aliphatic heterocycles. The van der Waals surface area contributed by atoms with Crippen LogP contribution >= 0.6 is 11.6 Å². The number of nitrogens with zero attached hydrogens (tertiary/aromatic N) is 3. The first-order valence-electron chi connectivity index (χ1n) is 10.8. The highest BCUT2D eigenvalue weighted by Crippen LogP contribution is 2.41. The molecule has 0 spiro atoms. The first-order valence-corrected chi connectivity index (χ1v) is 11.2. The number of carbonyl (C=O) groups is 3. The van der Waals surface area contributed by atoms with E-state index in [0.717, 1.165) is 22.6 Å². The zero-order chi connectivity index (χ0) is 26.2. The third kappa shape index (κ3) is 5.08. The van der Waals surface area contributed by atoms with E-state index >= 15 is 0 Å². The molecular formula is C25H19ClF3N3O4. The fourth-order valence-corrected chi connectivity index (χ4v) is 4.14. The number of hydrogen-bond acceptors (Lipinski definition) is 6. The lowest BCUT2D eigenvalue weighted by Gasteiger charge is -2.26. The lowest BCUT2D eigenvalue weighted by Crippen LogP contribution is -2.31. The van der Waals surface area contributed by atoms with Crippen LogP contribution in [0.15, 0.2) is 60.7 Å². The van der Waals surface area contributed by atoms with Gasteiger partial charge in [0.25, 0.3) is 5.91 Å². The number of halogens is 4. The summed E-state index contributed by atoms with van der Waals surface area (Å²) < 4.78 is 41.7. The average molecular weight is 518 g/mol. The van der Waals surface area contributed by atoms with Gasteiger partial charge in [0.2, 0.25) is 5.78 Å². The van der Waals surface area contributed by atoms with Gasteiger partial charge in [0, 0.05) is 5.56 Å². The second-order valence-corrected chi connectivity index (χ2v) is 8.82. The van der Waals surface area contributed by atoms with Gasteiger partial charge in [-0.1, -0.05) is 61.8 Å². The first kappa shape index (κ1) is 25.3. The Morgan fingerprint density at radius 1 is 0.972 bits per heavy atom. The monoisotopic (exact) mass is 517 g/mol. The van der Waals surface area contributed by atoms with Gasteiger partial charge < -0.3 is 4.74 Å². The molecule has 2 aromatic carbocycles. The minimum absolute atomic E-state index is 0.0381. The van der Waals surface area contributed by atoms with Crippen molar-refractivity contribution in [3.05, 3.63) is 82.5 Å². The molecule has 1 aromatic heterocycles. The van der Waals surface area contributed by atoms with E-state index in [4.69, 9.17) is 11.6 Å². The molecule has 2 unspecified atom stereocenters. The number of hydrogen-bond donors (Lipinski definition) is 0. The fraction of sp³-hybridized carbons (Fsp3) is 0.240. The highest BCUT2D eigenvalue weighted by molar-refractivity contribution is 6.48. The molecule has 186 valence electrons. The van der Waals surface area contributed by atoms with Crippen LogP contribution in [-0.2, 0) is 9.59 Å². The maximum atomic E-state index is 13.5. The van der Waals surface area contributed by atoms with Crippen molar-refractivity contribution >= 4 is 34.9 Å². The minimum Gasteiger partial charge on any atom is -0.406 e. The summed E-state index contributed by atoms with van der Waals surface area (Å²) in [6, 6.07) is 12.8. The number of amides is 1. The largest absolute Gasteiger partial charge is 0.573 e. The number of anilines is 1. The molecule has 0 N–H and O–H groups in total. The molecule has 36 heavy (non-hydrogen) atoms. The summed E-state index contributed by atoms with van der Waals surface area (Å²) in [6.07, 6.45) is -4.90. The molecule has 3 aromatic rings. The Bertz CT molecular complexity index is 1290. The van der Waals surface area contributed by atoms with Crippen molar-refractivity contribution in [2.75, 3.05) is 4.90 Å². The minimum atomic E-state index is -4.90. The van der Waals surface area contributed by atoms with E-state index in [2.05, 4.69) is 14.9 Å². The Balaban J connectivity index is 1.78. The van der Waals surface area contributed by atoms with Gasteiger partial charge in [-0.05, 0) is 41.3 Å². The molecular weight excluding hydrogens is 499 g/mol. The quantitative estimate of drug-likeness (QED) is 0.250. The van der Waals surface area contributed by atoms with Crippen molar-refractivity contribution in [3.8, 4) is 5.75 Å². The summed E-state index contributed by atoms with van der Waals surface area (Å²) in [5.41, 5.74) is 1.43. The van der Waals surface area contributed by atoms with Crippen LogP contribution in [0.25, 0.3) is 0 Å².